The van der Waals surface area contributed by atoms with Crippen LogP contribution in [0.25, 0.3) is 0 Å². The van der Waals surface area contributed by atoms with Crippen LogP contribution in [0.5, 0.6) is 0 Å². The third-order valence-electron chi connectivity index (χ3n) is 7.27. The molecule has 0 radical (unpaired) electrons. The van der Waals surface area contributed by atoms with Gasteiger partial charge in [0.1, 0.15) is 29.3 Å². The minimum absolute atomic E-state index is 0.203. The lowest BCUT2D eigenvalue weighted by Crippen LogP contribution is -2.55. The molecule has 0 heterocycles. The summed E-state index contributed by atoms with van der Waals surface area (Å²) in [7, 11) is 1.54. The molecule has 0 aliphatic carbocycles. The summed E-state index contributed by atoms with van der Waals surface area (Å²) in [6, 6.07) is 11.8. The Morgan fingerprint density at radius 3 is 1.95 bits per heavy atom. The van der Waals surface area contributed by atoms with E-state index in [2.05, 4.69) is 10.6 Å². The Bertz CT molecular complexity index is 1300. The molecule has 9 heteroatoms. The molecule has 4 atom stereocenters. The van der Waals surface area contributed by atoms with Crippen molar-refractivity contribution in [3.8, 4) is 0 Å². The molecule has 44 heavy (non-hydrogen) atoms. The first kappa shape index (κ1) is 36.3. The first-order chi connectivity index (χ1) is 20.3. The van der Waals surface area contributed by atoms with Gasteiger partial charge in [-0.3, -0.25) is 9.59 Å². The number of esters is 1. The Morgan fingerprint density at radius 2 is 1.43 bits per heavy atom. The number of likely N-dealkylation sites (N-methyl/N-ethyl adjacent to an activating group) is 1. The van der Waals surface area contributed by atoms with Gasteiger partial charge in [0.25, 0.3) is 0 Å². The smallest absolute Gasteiger partial charge is 0.408 e. The van der Waals surface area contributed by atoms with E-state index < -0.39 is 53.2 Å². The molecule has 242 valence electrons. The molecular formula is C35H51N3O6. The van der Waals surface area contributed by atoms with Crippen LogP contribution in [0, 0.1) is 19.8 Å². The fourth-order valence-electron chi connectivity index (χ4n) is 4.62. The second-order valence-electron chi connectivity index (χ2n) is 13.5. The normalized spacial score (nSPS) is 14.4. The van der Waals surface area contributed by atoms with Crippen molar-refractivity contribution in [2.24, 2.45) is 5.92 Å². The van der Waals surface area contributed by atoms with Crippen LogP contribution in [0.2, 0.25) is 0 Å². The van der Waals surface area contributed by atoms with Gasteiger partial charge in [-0.1, -0.05) is 68.8 Å². The Balaban J connectivity index is 2.52. The molecule has 0 saturated carbocycles. The van der Waals surface area contributed by atoms with Gasteiger partial charge in [0.2, 0.25) is 11.8 Å². The highest BCUT2D eigenvalue weighted by Crippen LogP contribution is 2.26. The van der Waals surface area contributed by atoms with Crippen LogP contribution in [-0.4, -0.2) is 59.1 Å². The van der Waals surface area contributed by atoms with E-state index in [-0.39, 0.29) is 12.3 Å². The second-order valence-corrected chi connectivity index (χ2v) is 13.5. The summed E-state index contributed by atoms with van der Waals surface area (Å²) in [4.78, 5) is 55.7. The summed E-state index contributed by atoms with van der Waals surface area (Å²) in [5, 5.41) is 5.62. The van der Waals surface area contributed by atoms with Crippen molar-refractivity contribution in [1.29, 1.82) is 0 Å². The fourth-order valence-corrected chi connectivity index (χ4v) is 4.62. The van der Waals surface area contributed by atoms with Crippen molar-refractivity contribution in [3.63, 3.8) is 0 Å². The van der Waals surface area contributed by atoms with Gasteiger partial charge in [-0.2, -0.15) is 0 Å². The van der Waals surface area contributed by atoms with Crippen LogP contribution in [0.4, 0.5) is 4.79 Å². The minimum atomic E-state index is -1.10. The molecule has 0 saturated heterocycles. The van der Waals surface area contributed by atoms with Gasteiger partial charge >= 0.3 is 12.1 Å². The third kappa shape index (κ3) is 11.0. The van der Waals surface area contributed by atoms with Crippen LogP contribution in [0.3, 0.4) is 0 Å². The van der Waals surface area contributed by atoms with Gasteiger partial charge in [-0.05, 0) is 83.6 Å². The van der Waals surface area contributed by atoms with E-state index in [4.69, 9.17) is 9.47 Å². The molecule has 0 aliphatic rings. The minimum Gasteiger partial charge on any atom is -0.458 e. The molecule has 0 aromatic heterocycles. The summed E-state index contributed by atoms with van der Waals surface area (Å²) < 4.78 is 11.1. The molecule has 0 aliphatic heterocycles. The lowest BCUT2D eigenvalue weighted by Gasteiger charge is -2.34. The number of nitrogens with zero attached hydrogens (tertiary/aromatic N) is 1. The van der Waals surface area contributed by atoms with Crippen molar-refractivity contribution >= 4 is 23.9 Å². The predicted molar refractivity (Wildman–Crippen MR) is 172 cm³/mol. The molecule has 0 fully saturated rings. The first-order valence-corrected chi connectivity index (χ1v) is 15.2. The predicted octanol–water partition coefficient (Wildman–Crippen LogP) is 5.81. The average molecular weight is 610 g/mol. The van der Waals surface area contributed by atoms with Gasteiger partial charge in [0, 0.05) is 13.5 Å². The van der Waals surface area contributed by atoms with Gasteiger partial charge in [0.15, 0.2) is 0 Å². The SMILES string of the molecule is CCC(C)C(NC(=O)OC(C)(C)C)C(=O)N(C)C(C(=O)NC(Cc1ccccc1)C(=O)OC(C)(C)C)c1ccc(C)c(C)c1. The number of ether oxygens (including phenoxy) is 2. The van der Waals surface area contributed by atoms with E-state index >= 15 is 0 Å². The fraction of sp³-hybridized carbons (Fsp3) is 0.543. The van der Waals surface area contributed by atoms with Crippen molar-refractivity contribution in [1.82, 2.24) is 15.5 Å². The van der Waals surface area contributed by atoms with Crippen LogP contribution < -0.4 is 10.6 Å². The van der Waals surface area contributed by atoms with Gasteiger partial charge in [-0.15, -0.1) is 0 Å². The molecular weight excluding hydrogens is 558 g/mol. The van der Waals surface area contributed by atoms with Crippen LogP contribution in [0.1, 0.15) is 90.1 Å². The largest absolute Gasteiger partial charge is 0.458 e. The zero-order valence-corrected chi connectivity index (χ0v) is 28.2. The van der Waals surface area contributed by atoms with Crippen molar-refractivity contribution in [3.05, 3.63) is 70.8 Å². The highest BCUT2D eigenvalue weighted by Gasteiger charge is 2.38. The Hall–Kier alpha value is -3.88. The highest BCUT2D eigenvalue weighted by atomic mass is 16.6. The number of aryl methyl sites for hydroxylation is 2. The summed E-state index contributed by atoms with van der Waals surface area (Å²) in [5.41, 5.74) is 1.86. The Kier molecular flexibility index (Phi) is 12.6. The number of rotatable bonds is 11. The molecule has 3 amide bonds. The lowest BCUT2D eigenvalue weighted by atomic mass is 9.95. The maximum Gasteiger partial charge on any atom is 0.408 e. The van der Waals surface area contributed by atoms with Gasteiger partial charge in [-0.25, -0.2) is 9.59 Å². The molecule has 2 N–H and O–H groups in total. The topological polar surface area (TPSA) is 114 Å². The number of carbonyl (C=O) groups excluding carboxylic acids is 4. The maximum atomic E-state index is 14.2. The Morgan fingerprint density at radius 1 is 0.841 bits per heavy atom. The summed E-state index contributed by atoms with van der Waals surface area (Å²) >= 11 is 0. The Labute approximate surface area is 263 Å². The van der Waals surface area contributed by atoms with Gasteiger partial charge < -0.3 is 25.0 Å². The average Bonchev–Trinajstić information content (AvgIpc) is 2.91. The lowest BCUT2D eigenvalue weighted by molar-refractivity contribution is -0.159. The monoisotopic (exact) mass is 609 g/mol. The van der Waals surface area contributed by atoms with Gasteiger partial charge in [0.05, 0.1) is 0 Å². The summed E-state index contributed by atoms with van der Waals surface area (Å²) in [6.45, 7) is 18.2. The number of carbonyl (C=O) groups is 4. The third-order valence-corrected chi connectivity index (χ3v) is 7.27. The second kappa shape index (κ2) is 15.2. The standard InChI is InChI=1S/C35H51N3O6/c1-12-22(2)28(37-33(42)44-35(8,9)10)31(40)38(11)29(26-19-18-23(3)24(4)20-26)30(39)36-27(32(41)43-34(5,6)7)21-25-16-14-13-15-17-25/h13-20,22,27-29H,12,21H2,1-11H3,(H,36,39)(H,37,42). The number of hydrogen-bond acceptors (Lipinski definition) is 6. The first-order valence-electron chi connectivity index (χ1n) is 15.2. The molecule has 2 aromatic rings. The number of hydrogen-bond donors (Lipinski definition) is 2. The van der Waals surface area contributed by atoms with Crippen LogP contribution >= 0.6 is 0 Å². The summed E-state index contributed by atoms with van der Waals surface area (Å²) in [5.74, 6) is -1.84. The molecule has 4 unspecified atom stereocenters. The van der Waals surface area contributed by atoms with Crippen molar-refractivity contribution in [2.75, 3.05) is 7.05 Å². The summed E-state index contributed by atoms with van der Waals surface area (Å²) in [6.07, 6.45) is 0.0805. The van der Waals surface area contributed by atoms with Crippen molar-refractivity contribution in [2.45, 2.75) is 111 Å². The molecule has 9 nitrogen and oxygen atoms in total. The van der Waals surface area contributed by atoms with Crippen LogP contribution in [-0.2, 0) is 30.3 Å². The number of amides is 3. The maximum absolute atomic E-state index is 14.2. The van der Waals surface area contributed by atoms with E-state index in [9.17, 15) is 19.2 Å². The number of alkyl carbamates (subject to hydrolysis) is 1. The highest BCUT2D eigenvalue weighted by molar-refractivity contribution is 5.94. The van der Waals surface area contributed by atoms with Crippen molar-refractivity contribution < 1.29 is 28.7 Å². The number of nitrogens with one attached hydrogen (secondary N) is 2. The van der Waals surface area contributed by atoms with Crippen LogP contribution in [0.15, 0.2) is 48.5 Å². The molecule has 0 bridgehead atoms. The molecule has 2 rings (SSSR count). The van der Waals surface area contributed by atoms with E-state index in [1.54, 1.807) is 47.6 Å². The molecule has 2 aromatic carbocycles. The van der Waals surface area contributed by atoms with E-state index in [1.165, 1.54) is 11.9 Å². The zero-order valence-electron chi connectivity index (χ0n) is 28.2. The number of benzene rings is 2. The van der Waals surface area contributed by atoms with E-state index in [0.29, 0.717) is 12.0 Å². The quantitative estimate of drug-likeness (QED) is 0.311. The van der Waals surface area contributed by atoms with E-state index in [0.717, 1.165) is 16.7 Å². The zero-order chi connectivity index (χ0) is 33.4. The van der Waals surface area contributed by atoms with E-state index in [1.807, 2.05) is 70.2 Å². The molecule has 0 spiro atoms.